The van der Waals surface area contributed by atoms with Gasteiger partial charge in [-0.25, -0.2) is 0 Å². The predicted octanol–water partition coefficient (Wildman–Crippen LogP) is 1.34. The predicted molar refractivity (Wildman–Crippen MR) is 47.2 cm³/mol. The molecule has 0 aromatic rings. The molecule has 2 nitrogen and oxygen atoms in total. The van der Waals surface area contributed by atoms with E-state index in [0.717, 1.165) is 38.5 Å². The molecular formula is C8H16ClNO. The number of alkyl halides is 1. The maximum Gasteiger partial charge on any atom is 0.0700 e. The van der Waals surface area contributed by atoms with Gasteiger partial charge in [-0.3, -0.25) is 4.90 Å². The minimum absolute atomic E-state index is 0.437. The maximum absolute atomic E-state index is 5.64. The number of hydrogen-bond acceptors (Lipinski definition) is 2. The zero-order chi connectivity index (χ0) is 8.10. The maximum atomic E-state index is 5.64. The van der Waals surface area contributed by atoms with E-state index < -0.39 is 0 Å². The minimum Gasteiger partial charge on any atom is -0.376 e. The van der Waals surface area contributed by atoms with Crippen molar-refractivity contribution >= 4 is 11.6 Å². The molecule has 1 saturated heterocycles. The highest BCUT2D eigenvalue weighted by atomic mass is 35.5. The van der Waals surface area contributed by atoms with Gasteiger partial charge in [-0.05, 0) is 6.42 Å². The van der Waals surface area contributed by atoms with Crippen LogP contribution in [0, 0.1) is 0 Å². The zero-order valence-electron chi connectivity index (χ0n) is 7.05. The van der Waals surface area contributed by atoms with Crippen molar-refractivity contribution in [3.63, 3.8) is 0 Å². The molecule has 0 N–H and O–H groups in total. The van der Waals surface area contributed by atoms with E-state index in [2.05, 4.69) is 11.8 Å². The summed E-state index contributed by atoms with van der Waals surface area (Å²) in [5.74, 6) is 0.733. The molecule has 1 heterocycles. The summed E-state index contributed by atoms with van der Waals surface area (Å²) < 4.78 is 5.52. The third kappa shape index (κ3) is 2.97. The van der Waals surface area contributed by atoms with Crippen LogP contribution in [0.3, 0.4) is 0 Å². The van der Waals surface area contributed by atoms with Crippen LogP contribution in [0.4, 0.5) is 0 Å². The summed E-state index contributed by atoms with van der Waals surface area (Å²) in [5.41, 5.74) is 0. The number of hydrogen-bond donors (Lipinski definition) is 0. The van der Waals surface area contributed by atoms with Gasteiger partial charge in [0, 0.05) is 25.5 Å². The lowest BCUT2D eigenvalue weighted by molar-refractivity contribution is -0.0275. The highest BCUT2D eigenvalue weighted by Crippen LogP contribution is 2.07. The topological polar surface area (TPSA) is 12.5 Å². The quantitative estimate of drug-likeness (QED) is 0.604. The van der Waals surface area contributed by atoms with Gasteiger partial charge in [0.1, 0.15) is 0 Å². The van der Waals surface area contributed by atoms with Crippen LogP contribution in [0.1, 0.15) is 13.3 Å². The van der Waals surface area contributed by atoms with E-state index in [4.69, 9.17) is 16.3 Å². The second-order valence-corrected chi connectivity index (χ2v) is 3.27. The summed E-state index contributed by atoms with van der Waals surface area (Å²) in [5, 5.41) is 0. The Balaban J connectivity index is 2.21. The average molecular weight is 178 g/mol. The molecule has 0 saturated carbocycles. The molecule has 0 bridgehead atoms. The van der Waals surface area contributed by atoms with Crippen LogP contribution in [-0.2, 0) is 4.74 Å². The summed E-state index contributed by atoms with van der Waals surface area (Å²) in [6.07, 6.45) is 1.55. The monoisotopic (exact) mass is 177 g/mol. The van der Waals surface area contributed by atoms with E-state index in [9.17, 15) is 0 Å². The summed E-state index contributed by atoms with van der Waals surface area (Å²) in [6.45, 7) is 6.14. The van der Waals surface area contributed by atoms with E-state index in [1.165, 1.54) is 0 Å². The fourth-order valence-electron chi connectivity index (χ4n) is 1.35. The smallest absolute Gasteiger partial charge is 0.0700 e. The second kappa shape index (κ2) is 4.96. The fourth-order valence-corrected chi connectivity index (χ4v) is 1.59. The first-order chi connectivity index (χ1) is 5.36. The Hall–Kier alpha value is 0.210. The van der Waals surface area contributed by atoms with Gasteiger partial charge in [-0.1, -0.05) is 6.92 Å². The van der Waals surface area contributed by atoms with Gasteiger partial charge in [0.15, 0.2) is 0 Å². The van der Waals surface area contributed by atoms with Gasteiger partial charge in [-0.15, -0.1) is 11.6 Å². The third-order valence-corrected chi connectivity index (χ3v) is 2.25. The zero-order valence-corrected chi connectivity index (χ0v) is 7.81. The highest BCUT2D eigenvalue weighted by Gasteiger charge is 2.17. The molecule has 0 aliphatic carbocycles. The first-order valence-corrected chi connectivity index (χ1v) is 4.80. The number of ether oxygens (including phenoxy) is 1. The molecule has 1 rings (SSSR count). The standard InChI is InChI=1S/C8H16ClNO/c1-2-8-7-10(4-3-9)5-6-11-8/h8H,2-7H2,1H3. The largest absolute Gasteiger partial charge is 0.376 e. The van der Waals surface area contributed by atoms with Gasteiger partial charge in [0.05, 0.1) is 12.7 Å². The van der Waals surface area contributed by atoms with Gasteiger partial charge >= 0.3 is 0 Å². The molecule has 0 aromatic heterocycles. The number of nitrogens with zero attached hydrogens (tertiary/aromatic N) is 1. The van der Waals surface area contributed by atoms with Crippen LogP contribution < -0.4 is 0 Å². The number of halogens is 1. The lowest BCUT2D eigenvalue weighted by Gasteiger charge is -2.31. The lowest BCUT2D eigenvalue weighted by Crippen LogP contribution is -2.42. The van der Waals surface area contributed by atoms with Crippen molar-refractivity contribution in [1.29, 1.82) is 0 Å². The molecule has 0 spiro atoms. The summed E-state index contributed by atoms with van der Waals surface area (Å²) in [6, 6.07) is 0. The van der Waals surface area contributed by atoms with E-state index in [1.807, 2.05) is 0 Å². The van der Waals surface area contributed by atoms with Gasteiger partial charge in [0.25, 0.3) is 0 Å². The van der Waals surface area contributed by atoms with E-state index in [-0.39, 0.29) is 0 Å². The molecule has 0 aromatic carbocycles. The molecule has 1 unspecified atom stereocenters. The second-order valence-electron chi connectivity index (χ2n) is 2.89. The first kappa shape index (κ1) is 9.30. The summed E-state index contributed by atoms with van der Waals surface area (Å²) >= 11 is 5.64. The van der Waals surface area contributed by atoms with Crippen LogP contribution in [-0.4, -0.2) is 43.1 Å². The van der Waals surface area contributed by atoms with Crippen molar-refractivity contribution in [2.24, 2.45) is 0 Å². The molecular weight excluding hydrogens is 162 g/mol. The van der Waals surface area contributed by atoms with Crippen molar-refractivity contribution in [3.8, 4) is 0 Å². The summed E-state index contributed by atoms with van der Waals surface area (Å²) in [4.78, 5) is 2.37. The molecule has 1 atom stereocenters. The number of morpholine rings is 1. The Morgan fingerprint density at radius 1 is 1.64 bits per heavy atom. The van der Waals surface area contributed by atoms with Gasteiger partial charge < -0.3 is 4.74 Å². The SMILES string of the molecule is CCC1CN(CCCl)CCO1. The van der Waals surface area contributed by atoms with Crippen molar-refractivity contribution in [2.75, 3.05) is 32.1 Å². The van der Waals surface area contributed by atoms with Crippen LogP contribution in [0.15, 0.2) is 0 Å². The molecule has 11 heavy (non-hydrogen) atoms. The highest BCUT2D eigenvalue weighted by molar-refractivity contribution is 6.18. The van der Waals surface area contributed by atoms with E-state index in [0.29, 0.717) is 6.10 Å². The Kier molecular flexibility index (Phi) is 4.20. The van der Waals surface area contributed by atoms with Crippen molar-refractivity contribution in [2.45, 2.75) is 19.4 Å². The average Bonchev–Trinajstić information content (AvgIpc) is 2.06. The number of rotatable bonds is 3. The van der Waals surface area contributed by atoms with E-state index >= 15 is 0 Å². The molecule has 1 aliphatic heterocycles. The van der Waals surface area contributed by atoms with Crippen molar-refractivity contribution < 1.29 is 4.74 Å². The van der Waals surface area contributed by atoms with Crippen molar-refractivity contribution in [3.05, 3.63) is 0 Å². The molecule has 0 radical (unpaired) electrons. The van der Waals surface area contributed by atoms with Gasteiger partial charge in [-0.2, -0.15) is 0 Å². The Bertz CT molecular complexity index is 108. The lowest BCUT2D eigenvalue weighted by atomic mass is 10.2. The fraction of sp³-hybridized carbons (Fsp3) is 1.00. The first-order valence-electron chi connectivity index (χ1n) is 4.26. The van der Waals surface area contributed by atoms with Crippen LogP contribution in [0.5, 0.6) is 0 Å². The molecule has 3 heteroatoms. The molecule has 1 fully saturated rings. The van der Waals surface area contributed by atoms with Crippen molar-refractivity contribution in [1.82, 2.24) is 4.90 Å². The van der Waals surface area contributed by atoms with E-state index in [1.54, 1.807) is 0 Å². The Morgan fingerprint density at radius 2 is 2.45 bits per heavy atom. The van der Waals surface area contributed by atoms with Crippen LogP contribution in [0.25, 0.3) is 0 Å². The molecule has 66 valence electrons. The minimum atomic E-state index is 0.437. The Morgan fingerprint density at radius 3 is 3.09 bits per heavy atom. The Labute approximate surface area is 73.5 Å². The van der Waals surface area contributed by atoms with Gasteiger partial charge in [0.2, 0.25) is 0 Å². The molecule has 1 aliphatic rings. The normalized spacial score (nSPS) is 27.3. The third-order valence-electron chi connectivity index (χ3n) is 2.08. The van der Waals surface area contributed by atoms with Crippen LogP contribution >= 0.6 is 11.6 Å². The van der Waals surface area contributed by atoms with Crippen LogP contribution in [0.2, 0.25) is 0 Å². The molecule has 0 amide bonds. The summed E-state index contributed by atoms with van der Waals surface area (Å²) in [7, 11) is 0.